The van der Waals surface area contributed by atoms with Crippen molar-refractivity contribution in [3.05, 3.63) is 0 Å². The van der Waals surface area contributed by atoms with Crippen molar-refractivity contribution in [2.75, 3.05) is 20.3 Å². The highest BCUT2D eigenvalue weighted by Crippen LogP contribution is 2.26. The second kappa shape index (κ2) is 6.53. The maximum Gasteiger partial charge on any atom is 0.227 e. The Morgan fingerprint density at radius 1 is 1.22 bits per heavy atom. The predicted octanol–water partition coefficient (Wildman–Crippen LogP) is 1.31. The van der Waals surface area contributed by atoms with Crippen molar-refractivity contribution in [1.29, 1.82) is 0 Å². The third kappa shape index (κ3) is 3.23. The first-order valence-electron chi connectivity index (χ1n) is 7.27. The minimum atomic E-state index is -0.0268. The maximum absolute atomic E-state index is 12.2. The van der Waals surface area contributed by atoms with Gasteiger partial charge in [-0.1, -0.05) is 19.3 Å². The van der Waals surface area contributed by atoms with Gasteiger partial charge in [0.15, 0.2) is 0 Å². The quantitative estimate of drug-likeness (QED) is 0.795. The molecule has 18 heavy (non-hydrogen) atoms. The van der Waals surface area contributed by atoms with Gasteiger partial charge in [0.05, 0.1) is 19.1 Å². The van der Waals surface area contributed by atoms with Gasteiger partial charge in [-0.05, 0) is 32.7 Å². The zero-order valence-corrected chi connectivity index (χ0v) is 11.6. The third-order valence-electron chi connectivity index (χ3n) is 4.51. The van der Waals surface area contributed by atoms with Gasteiger partial charge >= 0.3 is 0 Å². The van der Waals surface area contributed by atoms with E-state index in [1.54, 1.807) is 0 Å². The Labute approximate surface area is 110 Å². The molecule has 1 aliphatic carbocycles. The van der Waals surface area contributed by atoms with Gasteiger partial charge in [0.2, 0.25) is 5.91 Å². The van der Waals surface area contributed by atoms with Crippen LogP contribution in [-0.2, 0) is 9.53 Å². The van der Waals surface area contributed by atoms with E-state index in [4.69, 9.17) is 4.74 Å². The molecule has 4 nitrogen and oxygen atoms in total. The molecule has 3 unspecified atom stereocenters. The van der Waals surface area contributed by atoms with Crippen molar-refractivity contribution in [3.63, 3.8) is 0 Å². The van der Waals surface area contributed by atoms with E-state index in [-0.39, 0.29) is 17.9 Å². The maximum atomic E-state index is 12.2. The molecular formula is C14H26N2O2. The second-order valence-electron chi connectivity index (χ2n) is 5.73. The van der Waals surface area contributed by atoms with Crippen LogP contribution in [0.15, 0.2) is 0 Å². The van der Waals surface area contributed by atoms with E-state index in [1.165, 1.54) is 32.1 Å². The SMILES string of the molecule is CNC1COCC1C(=O)NC(C)C1CCCCC1. The van der Waals surface area contributed by atoms with Gasteiger partial charge in [0, 0.05) is 12.1 Å². The van der Waals surface area contributed by atoms with Crippen LogP contribution in [0.1, 0.15) is 39.0 Å². The van der Waals surface area contributed by atoms with E-state index in [0.29, 0.717) is 25.2 Å². The average Bonchev–Trinajstić information content (AvgIpc) is 2.88. The Hall–Kier alpha value is -0.610. The number of hydrogen-bond donors (Lipinski definition) is 2. The topological polar surface area (TPSA) is 50.4 Å². The molecule has 0 aromatic heterocycles. The molecule has 4 heteroatoms. The lowest BCUT2D eigenvalue weighted by Gasteiger charge is -2.29. The Bertz CT molecular complexity index is 277. The Morgan fingerprint density at radius 3 is 2.61 bits per heavy atom. The molecule has 1 saturated carbocycles. The van der Waals surface area contributed by atoms with Crippen LogP contribution in [0.5, 0.6) is 0 Å². The van der Waals surface area contributed by atoms with Gasteiger partial charge in [-0.25, -0.2) is 0 Å². The van der Waals surface area contributed by atoms with Crippen LogP contribution >= 0.6 is 0 Å². The van der Waals surface area contributed by atoms with Crippen molar-refractivity contribution in [3.8, 4) is 0 Å². The van der Waals surface area contributed by atoms with E-state index in [1.807, 2.05) is 7.05 Å². The van der Waals surface area contributed by atoms with Gasteiger partial charge in [0.25, 0.3) is 0 Å². The van der Waals surface area contributed by atoms with Gasteiger partial charge in [-0.2, -0.15) is 0 Å². The minimum Gasteiger partial charge on any atom is -0.379 e. The summed E-state index contributed by atoms with van der Waals surface area (Å²) in [5.41, 5.74) is 0. The molecule has 3 atom stereocenters. The molecule has 0 radical (unpaired) electrons. The molecule has 1 saturated heterocycles. The Kier molecular flexibility index (Phi) is 5.01. The molecule has 0 bridgehead atoms. The number of nitrogens with one attached hydrogen (secondary N) is 2. The standard InChI is InChI=1S/C14H26N2O2/c1-10(11-6-4-3-5-7-11)16-14(17)12-8-18-9-13(12)15-2/h10-13,15H,3-9H2,1-2H3,(H,16,17). The third-order valence-corrected chi connectivity index (χ3v) is 4.51. The molecular weight excluding hydrogens is 228 g/mol. The lowest BCUT2D eigenvalue weighted by atomic mass is 9.84. The zero-order valence-electron chi connectivity index (χ0n) is 11.6. The Morgan fingerprint density at radius 2 is 1.94 bits per heavy atom. The van der Waals surface area contributed by atoms with Crippen molar-refractivity contribution >= 4 is 5.91 Å². The van der Waals surface area contributed by atoms with Gasteiger partial charge in [-0.15, -0.1) is 0 Å². The van der Waals surface area contributed by atoms with Crippen molar-refractivity contribution < 1.29 is 9.53 Å². The average molecular weight is 254 g/mol. The summed E-state index contributed by atoms with van der Waals surface area (Å²) in [6.07, 6.45) is 6.51. The number of carbonyl (C=O) groups is 1. The van der Waals surface area contributed by atoms with Crippen LogP contribution in [-0.4, -0.2) is 38.3 Å². The fourth-order valence-electron chi connectivity index (χ4n) is 3.18. The first-order chi connectivity index (χ1) is 8.72. The molecule has 2 N–H and O–H groups in total. The fourth-order valence-corrected chi connectivity index (χ4v) is 3.18. The van der Waals surface area contributed by atoms with E-state index < -0.39 is 0 Å². The van der Waals surface area contributed by atoms with Crippen LogP contribution in [0.3, 0.4) is 0 Å². The molecule has 104 valence electrons. The van der Waals surface area contributed by atoms with Crippen LogP contribution in [0.2, 0.25) is 0 Å². The normalized spacial score (nSPS) is 31.2. The summed E-state index contributed by atoms with van der Waals surface area (Å²) in [4.78, 5) is 12.2. The number of hydrogen-bond acceptors (Lipinski definition) is 3. The summed E-state index contributed by atoms with van der Waals surface area (Å²) >= 11 is 0. The molecule has 2 fully saturated rings. The number of amides is 1. The van der Waals surface area contributed by atoms with Crippen LogP contribution in [0, 0.1) is 11.8 Å². The van der Waals surface area contributed by atoms with Gasteiger partial charge < -0.3 is 15.4 Å². The second-order valence-corrected chi connectivity index (χ2v) is 5.73. The number of carbonyl (C=O) groups excluding carboxylic acids is 1. The van der Waals surface area contributed by atoms with Crippen molar-refractivity contribution in [2.45, 2.75) is 51.1 Å². The fraction of sp³-hybridized carbons (Fsp3) is 0.929. The Balaban J connectivity index is 1.82. The molecule has 1 aliphatic heterocycles. The molecule has 0 spiro atoms. The minimum absolute atomic E-state index is 0.0268. The number of ether oxygens (including phenoxy) is 1. The number of likely N-dealkylation sites (N-methyl/N-ethyl adjacent to an activating group) is 1. The lowest BCUT2D eigenvalue weighted by molar-refractivity contribution is -0.126. The summed E-state index contributed by atoms with van der Waals surface area (Å²) in [7, 11) is 1.89. The molecule has 0 aromatic carbocycles. The van der Waals surface area contributed by atoms with E-state index in [0.717, 1.165) is 0 Å². The van der Waals surface area contributed by atoms with Gasteiger partial charge in [-0.3, -0.25) is 4.79 Å². The molecule has 2 rings (SSSR count). The van der Waals surface area contributed by atoms with Crippen LogP contribution < -0.4 is 10.6 Å². The molecule has 2 aliphatic rings. The largest absolute Gasteiger partial charge is 0.379 e. The summed E-state index contributed by atoms with van der Waals surface area (Å²) in [5, 5.41) is 6.36. The van der Waals surface area contributed by atoms with Gasteiger partial charge in [0.1, 0.15) is 0 Å². The lowest BCUT2D eigenvalue weighted by Crippen LogP contribution is -2.47. The summed E-state index contributed by atoms with van der Waals surface area (Å²) in [6, 6.07) is 0.472. The first kappa shape index (κ1) is 13.8. The number of rotatable bonds is 4. The molecule has 1 heterocycles. The van der Waals surface area contributed by atoms with Crippen molar-refractivity contribution in [1.82, 2.24) is 10.6 Å². The monoisotopic (exact) mass is 254 g/mol. The highest BCUT2D eigenvalue weighted by atomic mass is 16.5. The zero-order chi connectivity index (χ0) is 13.0. The van der Waals surface area contributed by atoms with Crippen molar-refractivity contribution in [2.24, 2.45) is 11.8 Å². The first-order valence-corrected chi connectivity index (χ1v) is 7.27. The van der Waals surface area contributed by atoms with E-state index >= 15 is 0 Å². The highest BCUT2D eigenvalue weighted by Gasteiger charge is 2.34. The smallest absolute Gasteiger partial charge is 0.227 e. The molecule has 1 amide bonds. The summed E-state index contributed by atoms with van der Waals surface area (Å²) in [5.74, 6) is 0.795. The summed E-state index contributed by atoms with van der Waals surface area (Å²) in [6.45, 7) is 3.35. The van der Waals surface area contributed by atoms with Crippen LogP contribution in [0.4, 0.5) is 0 Å². The van der Waals surface area contributed by atoms with E-state index in [2.05, 4.69) is 17.6 Å². The highest BCUT2D eigenvalue weighted by molar-refractivity contribution is 5.80. The van der Waals surface area contributed by atoms with E-state index in [9.17, 15) is 4.79 Å². The summed E-state index contributed by atoms with van der Waals surface area (Å²) < 4.78 is 5.39. The molecule has 0 aromatic rings. The van der Waals surface area contributed by atoms with Crippen LogP contribution in [0.25, 0.3) is 0 Å². The predicted molar refractivity (Wildman–Crippen MR) is 71.3 cm³/mol.